The molecule has 5 nitrogen and oxygen atoms in total. The Morgan fingerprint density at radius 2 is 2.05 bits per heavy atom. The summed E-state index contributed by atoms with van der Waals surface area (Å²) in [6.45, 7) is 2.45. The van der Waals surface area contributed by atoms with Gasteiger partial charge in [0.05, 0.1) is 19.8 Å². The van der Waals surface area contributed by atoms with Crippen molar-refractivity contribution >= 4 is 5.91 Å². The van der Waals surface area contributed by atoms with Crippen LogP contribution in [0.15, 0.2) is 24.3 Å². The molecule has 2 atom stereocenters. The lowest BCUT2D eigenvalue weighted by atomic mass is 10.2. The molecule has 1 aliphatic heterocycles. The van der Waals surface area contributed by atoms with Crippen molar-refractivity contribution in [2.24, 2.45) is 0 Å². The summed E-state index contributed by atoms with van der Waals surface area (Å²) >= 11 is 0. The summed E-state index contributed by atoms with van der Waals surface area (Å²) in [5.41, 5.74) is 0. The van der Waals surface area contributed by atoms with Crippen LogP contribution in [-0.4, -0.2) is 48.3 Å². The number of rotatable bonds is 5. The van der Waals surface area contributed by atoms with Gasteiger partial charge < -0.3 is 19.5 Å². The monoisotopic (exact) mass is 279 g/mol. The second-order valence-corrected chi connectivity index (χ2v) is 4.95. The average molecular weight is 279 g/mol. The Morgan fingerprint density at radius 1 is 1.40 bits per heavy atom. The van der Waals surface area contributed by atoms with E-state index in [2.05, 4.69) is 0 Å². The normalized spacial score (nSPS) is 19.8. The largest absolute Gasteiger partial charge is 0.497 e. The van der Waals surface area contributed by atoms with Crippen molar-refractivity contribution in [3.63, 3.8) is 0 Å². The van der Waals surface area contributed by atoms with Gasteiger partial charge in [-0.1, -0.05) is 0 Å². The first kappa shape index (κ1) is 14.7. The van der Waals surface area contributed by atoms with Crippen molar-refractivity contribution in [3.05, 3.63) is 24.3 Å². The fraction of sp³-hybridized carbons (Fsp3) is 0.533. The molecule has 0 saturated carbocycles. The number of amides is 1. The van der Waals surface area contributed by atoms with E-state index < -0.39 is 6.10 Å². The molecule has 0 bridgehead atoms. The van der Waals surface area contributed by atoms with Crippen LogP contribution in [0.5, 0.6) is 11.5 Å². The van der Waals surface area contributed by atoms with E-state index >= 15 is 0 Å². The molecule has 1 heterocycles. The Morgan fingerprint density at radius 3 is 2.65 bits per heavy atom. The molecule has 2 rings (SSSR count). The number of benzene rings is 1. The highest BCUT2D eigenvalue weighted by Crippen LogP contribution is 2.21. The number of nitrogens with zero attached hydrogens (tertiary/aromatic N) is 1. The molecular formula is C15H21NO4. The van der Waals surface area contributed by atoms with E-state index in [1.165, 1.54) is 0 Å². The van der Waals surface area contributed by atoms with Gasteiger partial charge in [0, 0.05) is 6.54 Å². The molecule has 1 aliphatic rings. The summed E-state index contributed by atoms with van der Waals surface area (Å²) in [5, 5.41) is 9.27. The molecule has 1 aromatic carbocycles. The van der Waals surface area contributed by atoms with Crippen LogP contribution < -0.4 is 9.47 Å². The maximum Gasteiger partial charge on any atom is 0.263 e. The van der Waals surface area contributed by atoms with Gasteiger partial charge in [-0.15, -0.1) is 0 Å². The molecule has 1 saturated heterocycles. The number of aliphatic hydroxyl groups is 1. The summed E-state index contributed by atoms with van der Waals surface area (Å²) in [4.78, 5) is 14.0. The van der Waals surface area contributed by atoms with Crippen molar-refractivity contribution < 1.29 is 19.4 Å². The number of carbonyl (C=O) groups is 1. The van der Waals surface area contributed by atoms with Gasteiger partial charge in [0.15, 0.2) is 6.10 Å². The molecular weight excluding hydrogens is 258 g/mol. The van der Waals surface area contributed by atoms with Crippen molar-refractivity contribution in [1.29, 1.82) is 0 Å². The minimum Gasteiger partial charge on any atom is -0.497 e. The van der Waals surface area contributed by atoms with Crippen molar-refractivity contribution in [3.8, 4) is 11.5 Å². The van der Waals surface area contributed by atoms with Gasteiger partial charge in [-0.05, 0) is 44.0 Å². The molecule has 1 unspecified atom stereocenters. The Hall–Kier alpha value is -1.75. The summed E-state index contributed by atoms with van der Waals surface area (Å²) in [5.74, 6) is 1.31. The fourth-order valence-electron chi connectivity index (χ4n) is 2.46. The van der Waals surface area contributed by atoms with Gasteiger partial charge in [0.1, 0.15) is 11.5 Å². The Labute approximate surface area is 119 Å². The lowest BCUT2D eigenvalue weighted by molar-refractivity contribution is -0.139. The van der Waals surface area contributed by atoms with Crippen LogP contribution in [0.1, 0.15) is 19.8 Å². The van der Waals surface area contributed by atoms with Crippen LogP contribution in [0.3, 0.4) is 0 Å². The van der Waals surface area contributed by atoms with Crippen LogP contribution in [-0.2, 0) is 4.79 Å². The molecule has 0 aromatic heterocycles. The number of aliphatic hydroxyl groups excluding tert-OH is 1. The Bertz CT molecular complexity index is 446. The fourth-order valence-corrected chi connectivity index (χ4v) is 2.46. The lowest BCUT2D eigenvalue weighted by Crippen LogP contribution is -2.44. The average Bonchev–Trinajstić information content (AvgIpc) is 2.95. The van der Waals surface area contributed by atoms with E-state index in [4.69, 9.17) is 9.47 Å². The zero-order valence-corrected chi connectivity index (χ0v) is 11.9. The standard InChI is InChI=1S/C15H21NO4/c1-11(15(18)16-9-3-4-12(16)10-17)20-14-7-5-13(19-2)6-8-14/h5-8,11-12,17H,3-4,9-10H2,1-2H3/t11?,12-/m1/s1. The van der Waals surface area contributed by atoms with Gasteiger partial charge in [0.25, 0.3) is 5.91 Å². The molecule has 0 spiro atoms. The van der Waals surface area contributed by atoms with Gasteiger partial charge in [-0.25, -0.2) is 0 Å². The quantitative estimate of drug-likeness (QED) is 0.886. The summed E-state index contributed by atoms with van der Waals surface area (Å²) in [6, 6.07) is 7.06. The van der Waals surface area contributed by atoms with E-state index in [9.17, 15) is 9.90 Å². The molecule has 1 N–H and O–H groups in total. The van der Waals surface area contributed by atoms with Crippen molar-refractivity contribution in [1.82, 2.24) is 4.90 Å². The van der Waals surface area contributed by atoms with E-state index in [1.54, 1.807) is 43.2 Å². The van der Waals surface area contributed by atoms with E-state index in [-0.39, 0.29) is 18.6 Å². The number of hydrogen-bond donors (Lipinski definition) is 1. The van der Waals surface area contributed by atoms with Gasteiger partial charge in [-0.3, -0.25) is 4.79 Å². The third-order valence-corrected chi connectivity index (χ3v) is 3.59. The van der Waals surface area contributed by atoms with Crippen LogP contribution in [0.25, 0.3) is 0 Å². The lowest BCUT2D eigenvalue weighted by Gasteiger charge is -2.26. The van der Waals surface area contributed by atoms with Crippen LogP contribution in [0, 0.1) is 0 Å². The number of ether oxygens (including phenoxy) is 2. The zero-order valence-electron chi connectivity index (χ0n) is 11.9. The van der Waals surface area contributed by atoms with Crippen LogP contribution >= 0.6 is 0 Å². The molecule has 1 amide bonds. The number of methoxy groups -OCH3 is 1. The highest BCUT2D eigenvalue weighted by Gasteiger charge is 2.31. The maximum atomic E-state index is 12.3. The third-order valence-electron chi connectivity index (χ3n) is 3.59. The Kier molecular flexibility index (Phi) is 4.84. The highest BCUT2D eigenvalue weighted by atomic mass is 16.5. The summed E-state index contributed by atoms with van der Waals surface area (Å²) in [7, 11) is 1.60. The molecule has 1 aromatic rings. The molecule has 0 aliphatic carbocycles. The molecule has 20 heavy (non-hydrogen) atoms. The van der Waals surface area contributed by atoms with Crippen LogP contribution in [0.4, 0.5) is 0 Å². The second-order valence-electron chi connectivity index (χ2n) is 4.95. The van der Waals surface area contributed by atoms with E-state index in [1.807, 2.05) is 0 Å². The topological polar surface area (TPSA) is 59.0 Å². The first-order valence-corrected chi connectivity index (χ1v) is 6.87. The predicted molar refractivity (Wildman–Crippen MR) is 74.9 cm³/mol. The molecule has 1 fully saturated rings. The Balaban J connectivity index is 1.96. The van der Waals surface area contributed by atoms with Crippen molar-refractivity contribution in [2.75, 3.05) is 20.3 Å². The van der Waals surface area contributed by atoms with Gasteiger partial charge >= 0.3 is 0 Å². The first-order chi connectivity index (χ1) is 9.65. The molecule has 110 valence electrons. The van der Waals surface area contributed by atoms with Crippen molar-refractivity contribution in [2.45, 2.75) is 31.9 Å². The predicted octanol–water partition coefficient (Wildman–Crippen LogP) is 1.45. The zero-order chi connectivity index (χ0) is 14.5. The molecule has 5 heteroatoms. The third kappa shape index (κ3) is 3.22. The number of hydrogen-bond acceptors (Lipinski definition) is 4. The summed E-state index contributed by atoms with van der Waals surface area (Å²) in [6.07, 6.45) is 1.24. The minimum atomic E-state index is -0.560. The maximum absolute atomic E-state index is 12.3. The second kappa shape index (κ2) is 6.61. The first-order valence-electron chi connectivity index (χ1n) is 6.87. The van der Waals surface area contributed by atoms with Gasteiger partial charge in [-0.2, -0.15) is 0 Å². The van der Waals surface area contributed by atoms with Crippen LogP contribution in [0.2, 0.25) is 0 Å². The minimum absolute atomic E-state index is 0.0149. The van der Waals surface area contributed by atoms with E-state index in [0.717, 1.165) is 18.6 Å². The smallest absolute Gasteiger partial charge is 0.263 e. The summed E-state index contributed by atoms with van der Waals surface area (Å²) < 4.78 is 10.7. The number of likely N-dealkylation sites (tertiary alicyclic amines) is 1. The SMILES string of the molecule is COc1ccc(OC(C)C(=O)N2CCC[C@@H]2CO)cc1. The van der Waals surface area contributed by atoms with Gasteiger partial charge in [0.2, 0.25) is 0 Å². The highest BCUT2D eigenvalue weighted by molar-refractivity contribution is 5.81. The van der Waals surface area contributed by atoms with E-state index in [0.29, 0.717) is 12.3 Å². The molecule has 0 radical (unpaired) electrons. The number of carbonyl (C=O) groups excluding carboxylic acids is 1.